The number of hydrogen-bond donors (Lipinski definition) is 3. The van der Waals surface area contributed by atoms with Crippen LogP contribution >= 0.6 is 0 Å². The van der Waals surface area contributed by atoms with Gasteiger partial charge in [-0.15, -0.1) is 0 Å². The molecular formula is C10H16N4O2. The number of primary amides is 1. The molecule has 0 saturated carbocycles. The van der Waals surface area contributed by atoms with Gasteiger partial charge in [0.2, 0.25) is 0 Å². The maximum absolute atomic E-state index is 10.9. The molecule has 6 nitrogen and oxygen atoms in total. The summed E-state index contributed by atoms with van der Waals surface area (Å²) in [5, 5.41) is 2.99. The summed E-state index contributed by atoms with van der Waals surface area (Å²) < 4.78 is 5.07. The monoisotopic (exact) mass is 224 g/mol. The normalized spacial score (nSPS) is 12.1. The Hall–Kier alpha value is -1.82. The van der Waals surface area contributed by atoms with E-state index >= 15 is 0 Å². The topological polar surface area (TPSA) is 103 Å². The molecule has 88 valence electrons. The second kappa shape index (κ2) is 5.32. The molecule has 0 saturated heterocycles. The first-order chi connectivity index (χ1) is 7.54. The minimum absolute atomic E-state index is 0.0263. The first kappa shape index (κ1) is 12.3. The Kier molecular flexibility index (Phi) is 4.07. The van der Waals surface area contributed by atoms with Gasteiger partial charge >= 0.3 is 0 Å². The van der Waals surface area contributed by atoms with Gasteiger partial charge in [-0.3, -0.25) is 4.79 Å². The molecule has 0 fully saturated rings. The van der Waals surface area contributed by atoms with Crippen molar-refractivity contribution in [2.45, 2.75) is 13.0 Å². The Morgan fingerprint density at radius 2 is 2.31 bits per heavy atom. The van der Waals surface area contributed by atoms with Crippen molar-refractivity contribution in [1.29, 1.82) is 0 Å². The molecule has 0 spiro atoms. The van der Waals surface area contributed by atoms with Crippen LogP contribution in [-0.2, 0) is 4.74 Å². The Morgan fingerprint density at radius 3 is 2.88 bits per heavy atom. The minimum atomic E-state index is -0.581. The molecule has 1 unspecified atom stereocenters. The van der Waals surface area contributed by atoms with Gasteiger partial charge in [-0.05, 0) is 19.1 Å². The van der Waals surface area contributed by atoms with Gasteiger partial charge in [0, 0.05) is 13.7 Å². The van der Waals surface area contributed by atoms with E-state index in [1.54, 1.807) is 13.2 Å². The van der Waals surface area contributed by atoms with Crippen molar-refractivity contribution in [2.24, 2.45) is 5.73 Å². The number of anilines is 2. The second-order valence-electron chi connectivity index (χ2n) is 3.43. The van der Waals surface area contributed by atoms with Crippen molar-refractivity contribution in [1.82, 2.24) is 4.98 Å². The summed E-state index contributed by atoms with van der Waals surface area (Å²) in [5.41, 5.74) is 11.5. The summed E-state index contributed by atoms with van der Waals surface area (Å²) in [6.07, 6.45) is 0.0263. The lowest BCUT2D eigenvalue weighted by Gasteiger charge is -2.13. The molecule has 1 aromatic heterocycles. The summed E-state index contributed by atoms with van der Waals surface area (Å²) in [5.74, 6) is -0.136. The van der Waals surface area contributed by atoms with Crippen LogP contribution in [0.2, 0.25) is 0 Å². The van der Waals surface area contributed by atoms with E-state index in [4.69, 9.17) is 16.2 Å². The van der Waals surface area contributed by atoms with Gasteiger partial charge in [-0.25, -0.2) is 4.98 Å². The van der Waals surface area contributed by atoms with Crippen LogP contribution in [0.4, 0.5) is 11.5 Å². The third kappa shape index (κ3) is 3.09. The maximum Gasteiger partial charge on any atom is 0.267 e. The Morgan fingerprint density at radius 1 is 1.62 bits per heavy atom. The first-order valence-electron chi connectivity index (χ1n) is 4.87. The molecule has 0 aromatic carbocycles. The van der Waals surface area contributed by atoms with Gasteiger partial charge in [0.15, 0.2) is 0 Å². The van der Waals surface area contributed by atoms with Crippen molar-refractivity contribution >= 4 is 17.4 Å². The van der Waals surface area contributed by atoms with Crippen LogP contribution in [0, 0.1) is 0 Å². The van der Waals surface area contributed by atoms with Crippen LogP contribution in [0.15, 0.2) is 12.1 Å². The van der Waals surface area contributed by atoms with E-state index in [2.05, 4.69) is 10.3 Å². The predicted octanol–water partition coefficient (Wildman–Crippen LogP) is 0.209. The maximum atomic E-state index is 10.9. The van der Waals surface area contributed by atoms with Crippen LogP contribution in [0.3, 0.4) is 0 Å². The van der Waals surface area contributed by atoms with Crippen LogP contribution < -0.4 is 16.8 Å². The third-order valence-electron chi connectivity index (χ3n) is 2.14. The summed E-state index contributed by atoms with van der Waals surface area (Å²) >= 11 is 0. The van der Waals surface area contributed by atoms with E-state index in [-0.39, 0.29) is 11.8 Å². The number of nitrogens with zero attached hydrogens (tertiary/aromatic N) is 1. The second-order valence-corrected chi connectivity index (χ2v) is 3.43. The average molecular weight is 224 g/mol. The van der Waals surface area contributed by atoms with E-state index in [0.717, 1.165) is 0 Å². The average Bonchev–Trinajstić information content (AvgIpc) is 2.27. The van der Waals surface area contributed by atoms with Crippen LogP contribution in [0.1, 0.15) is 17.4 Å². The number of ether oxygens (including phenoxy) is 1. The smallest absolute Gasteiger partial charge is 0.267 e. The lowest BCUT2D eigenvalue weighted by Crippen LogP contribution is -2.20. The zero-order valence-corrected chi connectivity index (χ0v) is 9.36. The number of carbonyl (C=O) groups is 1. The lowest BCUT2D eigenvalue weighted by atomic mass is 10.3. The quantitative estimate of drug-likeness (QED) is 0.663. The van der Waals surface area contributed by atoms with Crippen molar-refractivity contribution in [3.63, 3.8) is 0 Å². The standard InChI is InChI=1S/C10H16N4O2/c1-6(16-2)5-13-10-7(11)3-4-8(14-10)9(12)15/h3-4,6H,5,11H2,1-2H3,(H2,12,15)(H,13,14). The summed E-state index contributed by atoms with van der Waals surface area (Å²) in [4.78, 5) is 14.9. The van der Waals surface area contributed by atoms with E-state index in [9.17, 15) is 4.79 Å². The number of hydrogen-bond acceptors (Lipinski definition) is 5. The predicted molar refractivity (Wildman–Crippen MR) is 62.1 cm³/mol. The van der Waals surface area contributed by atoms with Crippen LogP contribution in [-0.4, -0.2) is 30.6 Å². The molecular weight excluding hydrogens is 208 g/mol. The Labute approximate surface area is 94.0 Å². The molecule has 6 heteroatoms. The molecule has 1 heterocycles. The molecule has 0 aliphatic heterocycles. The molecule has 0 radical (unpaired) electrons. The van der Waals surface area contributed by atoms with Gasteiger partial charge in [-0.1, -0.05) is 0 Å². The SMILES string of the molecule is COC(C)CNc1nc(C(N)=O)ccc1N. The zero-order valence-electron chi connectivity index (χ0n) is 9.36. The van der Waals surface area contributed by atoms with Crippen molar-refractivity contribution in [3.05, 3.63) is 17.8 Å². The highest BCUT2D eigenvalue weighted by molar-refractivity contribution is 5.91. The number of rotatable bonds is 5. The summed E-state index contributed by atoms with van der Waals surface area (Å²) in [6, 6.07) is 3.08. The number of carbonyl (C=O) groups excluding carboxylic acids is 1. The number of nitrogens with two attached hydrogens (primary N) is 2. The number of nitrogens with one attached hydrogen (secondary N) is 1. The van der Waals surface area contributed by atoms with E-state index in [1.165, 1.54) is 6.07 Å². The molecule has 16 heavy (non-hydrogen) atoms. The zero-order chi connectivity index (χ0) is 12.1. The minimum Gasteiger partial charge on any atom is -0.396 e. The largest absolute Gasteiger partial charge is 0.396 e. The molecule has 1 rings (SSSR count). The summed E-state index contributed by atoms with van der Waals surface area (Å²) in [7, 11) is 1.61. The fourth-order valence-corrected chi connectivity index (χ4v) is 1.07. The Balaban J connectivity index is 2.78. The van der Waals surface area contributed by atoms with Gasteiger partial charge < -0.3 is 21.5 Å². The molecule has 1 aromatic rings. The highest BCUT2D eigenvalue weighted by Gasteiger charge is 2.07. The Bertz CT molecular complexity index is 381. The lowest BCUT2D eigenvalue weighted by molar-refractivity contribution is 0.0996. The number of aromatic nitrogens is 1. The molecule has 0 aliphatic carbocycles. The van der Waals surface area contributed by atoms with Crippen molar-refractivity contribution < 1.29 is 9.53 Å². The first-order valence-corrected chi connectivity index (χ1v) is 4.87. The van der Waals surface area contributed by atoms with Gasteiger partial charge in [0.25, 0.3) is 5.91 Å². The van der Waals surface area contributed by atoms with Crippen molar-refractivity contribution in [3.8, 4) is 0 Å². The molecule has 0 aliphatic rings. The van der Waals surface area contributed by atoms with Crippen LogP contribution in [0.5, 0.6) is 0 Å². The van der Waals surface area contributed by atoms with Crippen molar-refractivity contribution in [2.75, 3.05) is 24.7 Å². The van der Waals surface area contributed by atoms with Gasteiger partial charge in [0.1, 0.15) is 11.5 Å². The molecule has 1 atom stereocenters. The highest BCUT2D eigenvalue weighted by Crippen LogP contribution is 2.15. The van der Waals surface area contributed by atoms with E-state index in [0.29, 0.717) is 18.1 Å². The summed E-state index contributed by atoms with van der Waals surface area (Å²) in [6.45, 7) is 2.46. The number of nitrogen functional groups attached to an aromatic ring is 1. The van der Waals surface area contributed by atoms with E-state index < -0.39 is 5.91 Å². The number of amides is 1. The fraction of sp³-hybridized carbons (Fsp3) is 0.400. The highest BCUT2D eigenvalue weighted by atomic mass is 16.5. The molecule has 5 N–H and O–H groups in total. The van der Waals surface area contributed by atoms with Gasteiger partial charge in [0.05, 0.1) is 11.8 Å². The molecule has 1 amide bonds. The van der Waals surface area contributed by atoms with Gasteiger partial charge in [-0.2, -0.15) is 0 Å². The number of pyridine rings is 1. The third-order valence-corrected chi connectivity index (χ3v) is 2.14. The number of methoxy groups -OCH3 is 1. The van der Waals surface area contributed by atoms with E-state index in [1.807, 2.05) is 6.92 Å². The molecule has 0 bridgehead atoms. The fourth-order valence-electron chi connectivity index (χ4n) is 1.07. The van der Waals surface area contributed by atoms with Crippen LogP contribution in [0.25, 0.3) is 0 Å².